The predicted molar refractivity (Wildman–Crippen MR) is 122 cm³/mol. The van der Waals surface area contributed by atoms with E-state index in [1.807, 2.05) is 72.8 Å². The lowest BCUT2D eigenvalue weighted by molar-refractivity contribution is -0.148. The van der Waals surface area contributed by atoms with Crippen LogP contribution in [0.2, 0.25) is 0 Å². The van der Waals surface area contributed by atoms with E-state index in [0.717, 1.165) is 22.3 Å². The van der Waals surface area contributed by atoms with Crippen LogP contribution in [0.15, 0.2) is 72.8 Å². The molecule has 0 heterocycles. The first kappa shape index (κ1) is 22.9. The quantitative estimate of drug-likeness (QED) is 0.470. The minimum absolute atomic E-state index is 0.415. The molecule has 0 aliphatic carbocycles. The first-order valence-electron chi connectivity index (χ1n) is 10.2. The Balaban J connectivity index is 1.66. The van der Waals surface area contributed by atoms with E-state index in [2.05, 4.69) is 9.47 Å². The number of benzene rings is 3. The molecule has 32 heavy (non-hydrogen) atoms. The maximum Gasteiger partial charge on any atom is 0.346 e. The van der Waals surface area contributed by atoms with E-state index >= 15 is 0 Å². The number of methoxy groups -OCH3 is 2. The van der Waals surface area contributed by atoms with E-state index in [-0.39, 0.29) is 0 Å². The molecule has 0 aromatic heterocycles. The standard InChI is InChI=1S/C26H26O6/c1-17(25(27)29-3)31-23-13-9-21(10-14-23)19-5-7-20(8-6-19)22-11-15-24(16-12-22)32-18(2)26(28)30-4/h5-18H,1-4H3/t17-,18-/m0/s1. The summed E-state index contributed by atoms with van der Waals surface area (Å²) in [4.78, 5) is 23.0. The Morgan fingerprint density at radius 3 is 1.03 bits per heavy atom. The van der Waals surface area contributed by atoms with Gasteiger partial charge in [0.25, 0.3) is 0 Å². The lowest BCUT2D eigenvalue weighted by Gasteiger charge is -2.13. The van der Waals surface area contributed by atoms with Gasteiger partial charge < -0.3 is 18.9 Å². The van der Waals surface area contributed by atoms with Crippen molar-refractivity contribution < 1.29 is 28.5 Å². The van der Waals surface area contributed by atoms with E-state index in [9.17, 15) is 9.59 Å². The van der Waals surface area contributed by atoms with Gasteiger partial charge >= 0.3 is 11.9 Å². The number of carbonyl (C=O) groups excluding carboxylic acids is 2. The highest BCUT2D eigenvalue weighted by Crippen LogP contribution is 2.28. The van der Waals surface area contributed by atoms with Gasteiger partial charge in [-0.15, -0.1) is 0 Å². The van der Waals surface area contributed by atoms with Crippen LogP contribution in [0.4, 0.5) is 0 Å². The van der Waals surface area contributed by atoms with Crippen LogP contribution >= 0.6 is 0 Å². The van der Waals surface area contributed by atoms with Crippen LogP contribution in [0.1, 0.15) is 13.8 Å². The zero-order valence-corrected chi connectivity index (χ0v) is 18.5. The first-order valence-corrected chi connectivity index (χ1v) is 10.2. The summed E-state index contributed by atoms with van der Waals surface area (Å²) < 4.78 is 20.5. The van der Waals surface area contributed by atoms with Crippen molar-refractivity contribution in [1.29, 1.82) is 0 Å². The summed E-state index contributed by atoms with van der Waals surface area (Å²) in [6.45, 7) is 3.30. The molecule has 6 heteroatoms. The lowest BCUT2D eigenvalue weighted by Crippen LogP contribution is -2.24. The molecule has 166 valence electrons. The van der Waals surface area contributed by atoms with Gasteiger partial charge in [0.05, 0.1) is 14.2 Å². The summed E-state index contributed by atoms with van der Waals surface area (Å²) in [5.41, 5.74) is 4.20. The van der Waals surface area contributed by atoms with Crippen molar-refractivity contribution in [1.82, 2.24) is 0 Å². The second-order valence-corrected chi connectivity index (χ2v) is 7.19. The number of ether oxygens (including phenoxy) is 4. The van der Waals surface area contributed by atoms with Crippen molar-refractivity contribution in [2.75, 3.05) is 14.2 Å². The second-order valence-electron chi connectivity index (χ2n) is 7.19. The number of rotatable bonds is 8. The van der Waals surface area contributed by atoms with Gasteiger partial charge in [-0.3, -0.25) is 0 Å². The summed E-state index contributed by atoms with van der Waals surface area (Å²) in [6.07, 6.45) is -1.32. The van der Waals surface area contributed by atoms with Crippen LogP contribution < -0.4 is 9.47 Å². The zero-order valence-electron chi connectivity index (χ0n) is 18.5. The summed E-state index contributed by atoms with van der Waals surface area (Å²) >= 11 is 0. The third-order valence-corrected chi connectivity index (χ3v) is 4.95. The highest BCUT2D eigenvalue weighted by molar-refractivity contribution is 5.75. The third-order valence-electron chi connectivity index (χ3n) is 4.95. The zero-order chi connectivity index (χ0) is 23.1. The van der Waals surface area contributed by atoms with E-state index in [4.69, 9.17) is 9.47 Å². The fourth-order valence-electron chi connectivity index (χ4n) is 3.14. The molecule has 0 saturated carbocycles. The molecule has 0 aliphatic heterocycles. The van der Waals surface area contributed by atoms with E-state index < -0.39 is 24.1 Å². The number of hydrogen-bond donors (Lipinski definition) is 0. The van der Waals surface area contributed by atoms with Crippen LogP contribution in [0.25, 0.3) is 22.3 Å². The lowest BCUT2D eigenvalue weighted by atomic mass is 10.0. The second kappa shape index (κ2) is 10.5. The topological polar surface area (TPSA) is 71.1 Å². The van der Waals surface area contributed by atoms with Gasteiger partial charge in [0, 0.05) is 0 Å². The minimum atomic E-state index is -0.661. The molecule has 0 aliphatic rings. The van der Waals surface area contributed by atoms with Crippen LogP contribution in [0.5, 0.6) is 11.5 Å². The van der Waals surface area contributed by atoms with Gasteiger partial charge in [-0.05, 0) is 60.4 Å². The van der Waals surface area contributed by atoms with Crippen LogP contribution in [-0.2, 0) is 19.1 Å². The van der Waals surface area contributed by atoms with Gasteiger partial charge in [0.15, 0.2) is 12.2 Å². The Kier molecular flexibility index (Phi) is 7.49. The SMILES string of the molecule is COC(=O)[C@H](C)Oc1ccc(-c2ccc(-c3ccc(O[C@@H](C)C(=O)OC)cc3)cc2)cc1. The van der Waals surface area contributed by atoms with Crippen molar-refractivity contribution >= 4 is 11.9 Å². The first-order chi connectivity index (χ1) is 15.4. The van der Waals surface area contributed by atoms with Crippen molar-refractivity contribution in [2.24, 2.45) is 0 Å². The molecule has 2 atom stereocenters. The average molecular weight is 434 g/mol. The van der Waals surface area contributed by atoms with Gasteiger partial charge in [0.1, 0.15) is 11.5 Å². The monoisotopic (exact) mass is 434 g/mol. The van der Waals surface area contributed by atoms with E-state index in [1.54, 1.807) is 13.8 Å². The molecular formula is C26H26O6. The summed E-state index contributed by atoms with van der Waals surface area (Å²) in [7, 11) is 2.67. The smallest absolute Gasteiger partial charge is 0.346 e. The summed E-state index contributed by atoms with van der Waals surface area (Å²) in [6, 6.07) is 23.3. The van der Waals surface area contributed by atoms with Gasteiger partial charge in [0.2, 0.25) is 0 Å². The fraction of sp³-hybridized carbons (Fsp3) is 0.231. The Labute approximate surface area is 187 Å². The Hall–Kier alpha value is -3.80. The molecule has 0 saturated heterocycles. The maximum absolute atomic E-state index is 11.5. The van der Waals surface area contributed by atoms with Crippen LogP contribution in [-0.4, -0.2) is 38.4 Å². The molecule has 3 aromatic carbocycles. The number of hydrogen-bond acceptors (Lipinski definition) is 6. The summed E-state index contributed by atoms with van der Waals surface area (Å²) in [5.74, 6) is 0.378. The van der Waals surface area contributed by atoms with Crippen LogP contribution in [0.3, 0.4) is 0 Å². The molecular weight excluding hydrogens is 408 g/mol. The van der Waals surface area contributed by atoms with Crippen molar-refractivity contribution in [2.45, 2.75) is 26.1 Å². The average Bonchev–Trinajstić information content (AvgIpc) is 2.84. The fourth-order valence-corrected chi connectivity index (χ4v) is 3.14. The Bertz CT molecular complexity index is 953. The molecule has 0 amide bonds. The van der Waals surface area contributed by atoms with Gasteiger partial charge in [-0.25, -0.2) is 9.59 Å². The minimum Gasteiger partial charge on any atom is -0.479 e. The molecule has 0 N–H and O–H groups in total. The Morgan fingerprint density at radius 1 is 0.531 bits per heavy atom. The van der Waals surface area contributed by atoms with Crippen molar-refractivity contribution in [3.8, 4) is 33.8 Å². The third kappa shape index (κ3) is 5.66. The maximum atomic E-state index is 11.5. The Morgan fingerprint density at radius 2 is 0.781 bits per heavy atom. The number of carbonyl (C=O) groups is 2. The molecule has 0 bridgehead atoms. The number of esters is 2. The predicted octanol–water partition coefficient (Wildman–Crippen LogP) is 4.90. The van der Waals surface area contributed by atoms with Crippen LogP contribution in [0, 0.1) is 0 Å². The normalized spacial score (nSPS) is 12.4. The molecule has 0 radical (unpaired) electrons. The molecule has 0 fully saturated rings. The van der Waals surface area contributed by atoms with Crippen molar-refractivity contribution in [3.05, 3.63) is 72.8 Å². The highest BCUT2D eigenvalue weighted by Gasteiger charge is 2.15. The molecule has 0 spiro atoms. The van der Waals surface area contributed by atoms with Gasteiger partial charge in [-0.2, -0.15) is 0 Å². The van der Waals surface area contributed by atoms with Gasteiger partial charge in [-0.1, -0.05) is 48.5 Å². The largest absolute Gasteiger partial charge is 0.479 e. The molecule has 3 aromatic rings. The molecule has 0 unspecified atom stereocenters. The summed E-state index contributed by atoms with van der Waals surface area (Å²) in [5, 5.41) is 0. The van der Waals surface area contributed by atoms with Crippen molar-refractivity contribution in [3.63, 3.8) is 0 Å². The van der Waals surface area contributed by atoms with E-state index in [0.29, 0.717) is 11.5 Å². The highest BCUT2D eigenvalue weighted by atomic mass is 16.6. The molecule has 6 nitrogen and oxygen atoms in total. The van der Waals surface area contributed by atoms with E-state index in [1.165, 1.54) is 14.2 Å². The molecule has 3 rings (SSSR count).